The van der Waals surface area contributed by atoms with Gasteiger partial charge in [0.15, 0.2) is 0 Å². The van der Waals surface area contributed by atoms with E-state index in [1.807, 2.05) is 35.9 Å². The highest BCUT2D eigenvalue weighted by atomic mass is 15.2. The molecule has 0 saturated heterocycles. The van der Waals surface area contributed by atoms with E-state index in [-0.39, 0.29) is 0 Å². The first-order chi connectivity index (χ1) is 9.75. The van der Waals surface area contributed by atoms with E-state index in [0.29, 0.717) is 5.69 Å². The van der Waals surface area contributed by atoms with Crippen molar-refractivity contribution in [2.24, 2.45) is 7.05 Å². The van der Waals surface area contributed by atoms with E-state index < -0.39 is 0 Å². The van der Waals surface area contributed by atoms with E-state index in [2.05, 4.69) is 20.5 Å². The van der Waals surface area contributed by atoms with E-state index in [1.165, 1.54) is 0 Å². The highest BCUT2D eigenvalue weighted by Gasteiger charge is 2.05. The van der Waals surface area contributed by atoms with Crippen LogP contribution in [0.4, 0.5) is 11.4 Å². The number of pyridine rings is 1. The van der Waals surface area contributed by atoms with Crippen molar-refractivity contribution in [2.75, 3.05) is 17.6 Å². The van der Waals surface area contributed by atoms with Gasteiger partial charge in [-0.15, -0.1) is 10.2 Å². The Morgan fingerprint density at radius 2 is 2.20 bits per heavy atom. The molecule has 0 aliphatic carbocycles. The van der Waals surface area contributed by atoms with Crippen molar-refractivity contribution < 1.29 is 0 Å². The molecule has 20 heavy (non-hydrogen) atoms. The molecule has 2 aromatic heterocycles. The summed E-state index contributed by atoms with van der Waals surface area (Å²) in [5.74, 6) is 0.954. The molecule has 0 amide bonds. The minimum Gasteiger partial charge on any atom is -0.397 e. The number of anilines is 2. The van der Waals surface area contributed by atoms with Crippen LogP contribution in [-0.4, -0.2) is 26.3 Å². The van der Waals surface area contributed by atoms with Crippen LogP contribution in [-0.2, 0) is 13.5 Å². The molecule has 0 unspecified atom stereocenters. The van der Waals surface area contributed by atoms with Gasteiger partial charge in [-0.25, -0.2) is 0 Å². The molecule has 0 bridgehead atoms. The Morgan fingerprint density at radius 1 is 1.30 bits per heavy atom. The minimum atomic E-state index is 0.694. The van der Waals surface area contributed by atoms with Crippen LogP contribution < -0.4 is 11.1 Å². The quantitative estimate of drug-likeness (QED) is 0.702. The van der Waals surface area contributed by atoms with Gasteiger partial charge in [-0.1, -0.05) is 12.1 Å². The van der Waals surface area contributed by atoms with Gasteiger partial charge in [-0.2, -0.15) is 0 Å². The molecule has 3 aromatic rings. The SMILES string of the molecule is Cn1cnnc1CCNc1ccnc2c(N)cccc12. The summed E-state index contributed by atoms with van der Waals surface area (Å²) in [7, 11) is 1.94. The van der Waals surface area contributed by atoms with Crippen LogP contribution in [0.15, 0.2) is 36.8 Å². The van der Waals surface area contributed by atoms with E-state index in [0.717, 1.165) is 35.4 Å². The maximum atomic E-state index is 5.94. The van der Waals surface area contributed by atoms with E-state index in [9.17, 15) is 0 Å². The number of aryl methyl sites for hydroxylation is 1. The van der Waals surface area contributed by atoms with Crippen LogP contribution in [0.25, 0.3) is 10.9 Å². The third-order valence-corrected chi connectivity index (χ3v) is 3.27. The molecule has 102 valence electrons. The summed E-state index contributed by atoms with van der Waals surface area (Å²) in [5, 5.41) is 12.4. The first-order valence-electron chi connectivity index (χ1n) is 6.45. The largest absolute Gasteiger partial charge is 0.397 e. The molecule has 0 aliphatic rings. The third kappa shape index (κ3) is 2.27. The topological polar surface area (TPSA) is 81.7 Å². The Labute approximate surface area is 116 Å². The summed E-state index contributed by atoms with van der Waals surface area (Å²) in [4.78, 5) is 4.32. The molecular formula is C14H16N6. The van der Waals surface area contributed by atoms with Gasteiger partial charge in [0, 0.05) is 37.3 Å². The lowest BCUT2D eigenvalue weighted by Crippen LogP contribution is -2.09. The standard InChI is InChI=1S/C14H16N6/c1-20-9-18-19-13(20)6-8-16-12-5-7-17-14-10(12)3-2-4-11(14)15/h2-5,7,9H,6,8,15H2,1H3,(H,16,17). The number of hydrogen-bond donors (Lipinski definition) is 2. The molecular weight excluding hydrogens is 252 g/mol. The molecule has 3 N–H and O–H groups in total. The van der Waals surface area contributed by atoms with Gasteiger partial charge in [0.1, 0.15) is 12.2 Å². The normalized spacial score (nSPS) is 10.8. The second kappa shape index (κ2) is 5.16. The number of fused-ring (bicyclic) bond motifs is 1. The summed E-state index contributed by atoms with van der Waals surface area (Å²) in [6.07, 6.45) is 4.28. The van der Waals surface area contributed by atoms with Crippen molar-refractivity contribution in [3.05, 3.63) is 42.6 Å². The van der Waals surface area contributed by atoms with Crippen molar-refractivity contribution in [1.29, 1.82) is 0 Å². The predicted octanol–water partition coefficient (Wildman–Crippen LogP) is 1.60. The van der Waals surface area contributed by atoms with Crippen LogP contribution >= 0.6 is 0 Å². The number of para-hydroxylation sites is 1. The average molecular weight is 268 g/mol. The summed E-state index contributed by atoms with van der Waals surface area (Å²) < 4.78 is 1.92. The third-order valence-electron chi connectivity index (χ3n) is 3.27. The zero-order valence-corrected chi connectivity index (χ0v) is 11.2. The lowest BCUT2D eigenvalue weighted by Gasteiger charge is -2.10. The number of nitrogens with one attached hydrogen (secondary N) is 1. The number of nitrogen functional groups attached to an aromatic ring is 1. The Morgan fingerprint density at radius 3 is 3.00 bits per heavy atom. The second-order valence-electron chi connectivity index (χ2n) is 4.64. The monoisotopic (exact) mass is 268 g/mol. The van der Waals surface area contributed by atoms with Crippen LogP contribution in [0.1, 0.15) is 5.82 Å². The number of nitrogens with zero attached hydrogens (tertiary/aromatic N) is 4. The molecule has 0 aliphatic heterocycles. The van der Waals surface area contributed by atoms with Crippen molar-refractivity contribution >= 4 is 22.3 Å². The van der Waals surface area contributed by atoms with Gasteiger partial charge in [0.25, 0.3) is 0 Å². The molecule has 0 saturated carbocycles. The second-order valence-corrected chi connectivity index (χ2v) is 4.64. The molecule has 0 fully saturated rings. The zero-order valence-electron chi connectivity index (χ0n) is 11.2. The molecule has 2 heterocycles. The Kier molecular flexibility index (Phi) is 3.20. The molecule has 0 spiro atoms. The highest BCUT2D eigenvalue weighted by molar-refractivity contribution is 5.97. The lowest BCUT2D eigenvalue weighted by molar-refractivity contribution is 0.789. The molecule has 1 aromatic carbocycles. The number of aromatic nitrogens is 4. The van der Waals surface area contributed by atoms with Gasteiger partial charge >= 0.3 is 0 Å². The Hall–Kier alpha value is -2.63. The Balaban J connectivity index is 1.78. The number of nitrogens with two attached hydrogens (primary N) is 1. The first kappa shape index (κ1) is 12.4. The predicted molar refractivity (Wildman–Crippen MR) is 79.4 cm³/mol. The van der Waals surface area contributed by atoms with Gasteiger partial charge in [-0.05, 0) is 12.1 Å². The number of benzene rings is 1. The van der Waals surface area contributed by atoms with Crippen molar-refractivity contribution in [2.45, 2.75) is 6.42 Å². The number of rotatable bonds is 4. The fourth-order valence-electron chi connectivity index (χ4n) is 2.20. The first-order valence-corrected chi connectivity index (χ1v) is 6.45. The van der Waals surface area contributed by atoms with Crippen LogP contribution in [0.5, 0.6) is 0 Å². The van der Waals surface area contributed by atoms with Crippen LogP contribution in [0.3, 0.4) is 0 Å². The maximum Gasteiger partial charge on any atom is 0.134 e. The fraction of sp³-hybridized carbons (Fsp3) is 0.214. The summed E-state index contributed by atoms with van der Waals surface area (Å²) in [6.45, 7) is 0.778. The van der Waals surface area contributed by atoms with Crippen LogP contribution in [0, 0.1) is 0 Å². The highest BCUT2D eigenvalue weighted by Crippen LogP contribution is 2.25. The summed E-state index contributed by atoms with van der Waals surface area (Å²) in [6, 6.07) is 7.77. The van der Waals surface area contributed by atoms with E-state index in [4.69, 9.17) is 5.73 Å². The molecule has 0 radical (unpaired) electrons. The van der Waals surface area contributed by atoms with E-state index in [1.54, 1.807) is 12.5 Å². The average Bonchev–Trinajstić information content (AvgIpc) is 2.86. The molecule has 6 heteroatoms. The van der Waals surface area contributed by atoms with Gasteiger partial charge in [0.2, 0.25) is 0 Å². The maximum absolute atomic E-state index is 5.94. The fourth-order valence-corrected chi connectivity index (χ4v) is 2.20. The summed E-state index contributed by atoms with van der Waals surface area (Å²) >= 11 is 0. The zero-order chi connectivity index (χ0) is 13.9. The van der Waals surface area contributed by atoms with Crippen molar-refractivity contribution in [1.82, 2.24) is 19.7 Å². The molecule has 3 rings (SSSR count). The van der Waals surface area contributed by atoms with Gasteiger partial charge in [0.05, 0.1) is 11.2 Å². The summed E-state index contributed by atoms with van der Waals surface area (Å²) in [5.41, 5.74) is 8.49. The van der Waals surface area contributed by atoms with Crippen molar-refractivity contribution in [3.63, 3.8) is 0 Å². The smallest absolute Gasteiger partial charge is 0.134 e. The minimum absolute atomic E-state index is 0.694. The lowest BCUT2D eigenvalue weighted by atomic mass is 10.1. The number of hydrogen-bond acceptors (Lipinski definition) is 5. The molecule has 0 atom stereocenters. The van der Waals surface area contributed by atoms with Gasteiger partial charge in [-0.3, -0.25) is 4.98 Å². The Bertz CT molecular complexity index is 733. The van der Waals surface area contributed by atoms with Crippen LogP contribution in [0.2, 0.25) is 0 Å². The van der Waals surface area contributed by atoms with E-state index >= 15 is 0 Å². The molecule has 6 nitrogen and oxygen atoms in total. The van der Waals surface area contributed by atoms with Crippen molar-refractivity contribution in [3.8, 4) is 0 Å². The van der Waals surface area contributed by atoms with Gasteiger partial charge < -0.3 is 15.6 Å².